The van der Waals surface area contributed by atoms with Gasteiger partial charge in [0.2, 0.25) is 0 Å². The Morgan fingerprint density at radius 1 is 1.10 bits per heavy atom. The average Bonchev–Trinajstić information content (AvgIpc) is 2.75. The van der Waals surface area contributed by atoms with E-state index < -0.39 is 0 Å². The molecule has 0 bridgehead atoms. The van der Waals surface area contributed by atoms with E-state index in [1.54, 1.807) is 30.3 Å². The Balaban J connectivity index is 1.76. The van der Waals surface area contributed by atoms with Gasteiger partial charge in [0.15, 0.2) is 0 Å². The van der Waals surface area contributed by atoms with E-state index in [0.717, 1.165) is 25.7 Å². The molecule has 0 aliphatic heterocycles. The van der Waals surface area contributed by atoms with Crippen molar-refractivity contribution in [3.63, 3.8) is 0 Å². The summed E-state index contributed by atoms with van der Waals surface area (Å²) in [5, 5.41) is 2.90. The van der Waals surface area contributed by atoms with Gasteiger partial charge in [-0.1, -0.05) is 31.4 Å². The number of para-hydroxylation sites is 1. The van der Waals surface area contributed by atoms with Gasteiger partial charge in [-0.2, -0.15) is 0 Å². The highest BCUT2D eigenvalue weighted by atomic mass is 79.9. The molecule has 6 heteroatoms. The Morgan fingerprint density at radius 2 is 1.80 bits per heavy atom. The molecule has 2 aromatic carbocycles. The standard InChI is InChI=1S/C24H29BrN2O3/c1-16(2)30-22-14-13-17(15-20(22)25)23(28)26-21-12-8-7-11-19(21)24(29)27(3)18-9-5-4-6-10-18/h7-8,11-16,18H,4-6,9-10H2,1-3H3,(H,26,28). The number of rotatable bonds is 6. The van der Waals surface area contributed by atoms with Crippen molar-refractivity contribution in [3.05, 3.63) is 58.1 Å². The van der Waals surface area contributed by atoms with Gasteiger partial charge in [-0.3, -0.25) is 9.59 Å². The van der Waals surface area contributed by atoms with E-state index in [9.17, 15) is 9.59 Å². The van der Waals surface area contributed by atoms with Crippen molar-refractivity contribution in [2.75, 3.05) is 12.4 Å². The summed E-state index contributed by atoms with van der Waals surface area (Å²) in [4.78, 5) is 27.8. The SMILES string of the molecule is CC(C)Oc1ccc(C(=O)Nc2ccccc2C(=O)N(C)C2CCCCC2)cc1Br. The highest BCUT2D eigenvalue weighted by molar-refractivity contribution is 9.10. The number of amides is 2. The van der Waals surface area contributed by atoms with Gasteiger partial charge in [0, 0.05) is 18.7 Å². The number of anilines is 1. The molecule has 0 saturated heterocycles. The lowest BCUT2D eigenvalue weighted by atomic mass is 9.94. The van der Waals surface area contributed by atoms with E-state index in [1.165, 1.54) is 6.42 Å². The number of hydrogen-bond donors (Lipinski definition) is 1. The molecule has 0 spiro atoms. The lowest BCUT2D eigenvalue weighted by molar-refractivity contribution is 0.0697. The molecule has 1 aliphatic carbocycles. The van der Waals surface area contributed by atoms with E-state index in [4.69, 9.17) is 4.74 Å². The summed E-state index contributed by atoms with van der Waals surface area (Å²) in [6, 6.07) is 12.7. The molecule has 1 saturated carbocycles. The van der Waals surface area contributed by atoms with Gasteiger partial charge in [-0.15, -0.1) is 0 Å². The fourth-order valence-corrected chi connectivity index (χ4v) is 4.26. The summed E-state index contributed by atoms with van der Waals surface area (Å²) in [5.74, 6) is 0.360. The van der Waals surface area contributed by atoms with E-state index >= 15 is 0 Å². The van der Waals surface area contributed by atoms with Gasteiger partial charge in [0.25, 0.3) is 11.8 Å². The number of carbonyl (C=O) groups is 2. The topological polar surface area (TPSA) is 58.6 Å². The van der Waals surface area contributed by atoms with Crippen molar-refractivity contribution in [1.29, 1.82) is 0 Å². The number of nitrogens with one attached hydrogen (secondary N) is 1. The van der Waals surface area contributed by atoms with Crippen LogP contribution in [0.25, 0.3) is 0 Å². The maximum absolute atomic E-state index is 13.1. The smallest absolute Gasteiger partial charge is 0.255 e. The molecular weight excluding hydrogens is 444 g/mol. The van der Waals surface area contributed by atoms with Crippen molar-refractivity contribution in [3.8, 4) is 5.75 Å². The zero-order valence-electron chi connectivity index (χ0n) is 17.8. The third-order valence-electron chi connectivity index (χ3n) is 5.41. The summed E-state index contributed by atoms with van der Waals surface area (Å²) in [6.07, 6.45) is 5.67. The normalized spacial score (nSPS) is 14.4. The molecule has 0 radical (unpaired) electrons. The largest absolute Gasteiger partial charge is 0.490 e. The second-order valence-electron chi connectivity index (χ2n) is 8.02. The molecule has 0 unspecified atom stereocenters. The molecule has 1 N–H and O–H groups in total. The molecule has 0 aromatic heterocycles. The Bertz CT molecular complexity index is 907. The number of benzene rings is 2. The zero-order chi connectivity index (χ0) is 21.7. The first kappa shape index (κ1) is 22.3. The maximum atomic E-state index is 13.1. The van der Waals surface area contributed by atoms with E-state index in [-0.39, 0.29) is 24.0 Å². The third kappa shape index (κ3) is 5.42. The summed E-state index contributed by atoms with van der Waals surface area (Å²) >= 11 is 3.46. The Hall–Kier alpha value is -2.34. The highest BCUT2D eigenvalue weighted by Crippen LogP contribution is 2.28. The van der Waals surface area contributed by atoms with Gasteiger partial charge in [0.05, 0.1) is 21.8 Å². The molecule has 1 fully saturated rings. The monoisotopic (exact) mass is 472 g/mol. The summed E-state index contributed by atoms with van der Waals surface area (Å²) in [7, 11) is 1.86. The van der Waals surface area contributed by atoms with Crippen molar-refractivity contribution >= 4 is 33.4 Å². The first-order valence-corrected chi connectivity index (χ1v) is 11.3. The second-order valence-corrected chi connectivity index (χ2v) is 8.87. The Morgan fingerprint density at radius 3 is 2.47 bits per heavy atom. The molecular formula is C24H29BrN2O3. The molecule has 5 nitrogen and oxygen atoms in total. The third-order valence-corrected chi connectivity index (χ3v) is 6.02. The average molecular weight is 473 g/mol. The first-order chi connectivity index (χ1) is 14.4. The predicted molar refractivity (Wildman–Crippen MR) is 123 cm³/mol. The van der Waals surface area contributed by atoms with Crippen molar-refractivity contribution in [1.82, 2.24) is 4.90 Å². The van der Waals surface area contributed by atoms with Crippen LogP contribution in [0.5, 0.6) is 5.75 Å². The van der Waals surface area contributed by atoms with Gasteiger partial charge in [-0.05, 0) is 73.0 Å². The molecule has 3 rings (SSSR count). The highest BCUT2D eigenvalue weighted by Gasteiger charge is 2.25. The van der Waals surface area contributed by atoms with Gasteiger partial charge in [-0.25, -0.2) is 0 Å². The summed E-state index contributed by atoms with van der Waals surface area (Å²) < 4.78 is 6.42. The minimum absolute atomic E-state index is 0.0417. The quantitative estimate of drug-likeness (QED) is 0.569. The van der Waals surface area contributed by atoms with Crippen LogP contribution < -0.4 is 10.1 Å². The minimum atomic E-state index is -0.271. The van der Waals surface area contributed by atoms with Crippen LogP contribution in [-0.4, -0.2) is 35.9 Å². The van der Waals surface area contributed by atoms with Crippen molar-refractivity contribution in [2.24, 2.45) is 0 Å². The van der Waals surface area contributed by atoms with Crippen LogP contribution in [0.1, 0.15) is 66.7 Å². The van der Waals surface area contributed by atoms with Crippen LogP contribution in [0.3, 0.4) is 0 Å². The lowest BCUT2D eigenvalue weighted by Crippen LogP contribution is -2.38. The van der Waals surface area contributed by atoms with Crippen LogP contribution in [0.2, 0.25) is 0 Å². The number of ether oxygens (including phenoxy) is 1. The molecule has 2 aromatic rings. The Kier molecular flexibility index (Phi) is 7.53. The predicted octanol–water partition coefficient (Wildman–Crippen LogP) is 5.89. The number of hydrogen-bond acceptors (Lipinski definition) is 3. The van der Waals surface area contributed by atoms with Crippen molar-refractivity contribution in [2.45, 2.75) is 58.1 Å². The van der Waals surface area contributed by atoms with Crippen LogP contribution in [0.4, 0.5) is 5.69 Å². The molecule has 0 atom stereocenters. The van der Waals surface area contributed by atoms with Gasteiger partial charge < -0.3 is 15.0 Å². The summed E-state index contributed by atoms with van der Waals surface area (Å²) in [6.45, 7) is 3.90. The molecule has 160 valence electrons. The molecule has 1 aliphatic rings. The van der Waals surface area contributed by atoms with Gasteiger partial charge in [0.1, 0.15) is 5.75 Å². The van der Waals surface area contributed by atoms with Crippen LogP contribution in [0.15, 0.2) is 46.9 Å². The van der Waals surface area contributed by atoms with E-state index in [0.29, 0.717) is 27.0 Å². The zero-order valence-corrected chi connectivity index (χ0v) is 19.4. The van der Waals surface area contributed by atoms with E-state index in [2.05, 4.69) is 21.2 Å². The second kappa shape index (κ2) is 10.1. The van der Waals surface area contributed by atoms with Gasteiger partial charge >= 0.3 is 0 Å². The first-order valence-electron chi connectivity index (χ1n) is 10.5. The molecule has 0 heterocycles. The summed E-state index contributed by atoms with van der Waals surface area (Å²) in [5.41, 5.74) is 1.52. The van der Waals surface area contributed by atoms with Crippen LogP contribution in [0, 0.1) is 0 Å². The van der Waals surface area contributed by atoms with Crippen LogP contribution >= 0.6 is 15.9 Å². The van der Waals surface area contributed by atoms with Crippen molar-refractivity contribution < 1.29 is 14.3 Å². The minimum Gasteiger partial charge on any atom is -0.490 e. The fourth-order valence-electron chi connectivity index (χ4n) is 3.79. The number of halogens is 1. The van der Waals surface area contributed by atoms with E-state index in [1.807, 2.05) is 37.9 Å². The number of carbonyl (C=O) groups excluding carboxylic acids is 2. The molecule has 2 amide bonds. The lowest BCUT2D eigenvalue weighted by Gasteiger charge is -2.31. The molecule has 30 heavy (non-hydrogen) atoms. The Labute approximate surface area is 186 Å². The number of nitrogens with zero attached hydrogens (tertiary/aromatic N) is 1. The van der Waals surface area contributed by atoms with Crippen LogP contribution in [-0.2, 0) is 0 Å². The fraction of sp³-hybridized carbons (Fsp3) is 0.417. The maximum Gasteiger partial charge on any atom is 0.255 e.